The van der Waals surface area contributed by atoms with Crippen molar-refractivity contribution >= 4 is 5.91 Å². The smallest absolute Gasteiger partial charge is 0.217 e. The molecule has 1 fully saturated rings. The molecule has 0 aliphatic heterocycles. The lowest BCUT2D eigenvalue weighted by Gasteiger charge is -2.29. The minimum Gasteiger partial charge on any atom is -0.354 e. The topological polar surface area (TPSA) is 29.1 Å². The van der Waals surface area contributed by atoms with Gasteiger partial charge in [0.1, 0.15) is 0 Å². The molecule has 0 unspecified atom stereocenters. The zero-order valence-corrected chi connectivity index (χ0v) is 14.2. The van der Waals surface area contributed by atoms with Crippen LogP contribution >= 0.6 is 0 Å². The highest BCUT2D eigenvalue weighted by Gasteiger charge is 2.21. The maximum absolute atomic E-state index is 10.9. The van der Waals surface area contributed by atoms with E-state index in [0.717, 1.165) is 11.8 Å². The molecule has 2 heteroatoms. The summed E-state index contributed by atoms with van der Waals surface area (Å²) >= 11 is 0. The van der Waals surface area contributed by atoms with Gasteiger partial charge in [0.2, 0.25) is 5.91 Å². The zero-order valence-electron chi connectivity index (χ0n) is 14.2. The Labute approximate surface area is 120 Å². The molecular weight excluding hydrogens is 234 g/mol. The molecule has 1 N–H and O–H groups in total. The van der Waals surface area contributed by atoms with Crippen LogP contribution in [0.15, 0.2) is 0 Å². The second-order valence-electron chi connectivity index (χ2n) is 8.05. The van der Waals surface area contributed by atoms with Crippen molar-refractivity contribution in [3.05, 3.63) is 0 Å². The molecular formula is C17H35NO. The minimum absolute atomic E-state index is 0.123. The Morgan fingerprint density at radius 3 is 1.84 bits per heavy atom. The Balaban J connectivity index is 0.000000555. The molecule has 0 radical (unpaired) electrons. The van der Waals surface area contributed by atoms with Gasteiger partial charge in [-0.15, -0.1) is 0 Å². The quantitative estimate of drug-likeness (QED) is 0.785. The maximum Gasteiger partial charge on any atom is 0.217 e. The van der Waals surface area contributed by atoms with Crippen LogP contribution in [0.1, 0.15) is 80.6 Å². The number of carbonyl (C=O) groups is 1. The van der Waals surface area contributed by atoms with Gasteiger partial charge in [-0.3, -0.25) is 4.79 Å². The van der Waals surface area contributed by atoms with Crippen molar-refractivity contribution in [2.24, 2.45) is 17.3 Å². The predicted octanol–water partition coefficient (Wildman–Crippen LogP) is 4.78. The van der Waals surface area contributed by atoms with Crippen molar-refractivity contribution in [1.29, 1.82) is 0 Å². The first-order chi connectivity index (χ1) is 8.58. The molecule has 1 rings (SSSR count). The normalized spacial score (nSPS) is 23.6. The van der Waals surface area contributed by atoms with Crippen LogP contribution in [0.2, 0.25) is 0 Å². The largest absolute Gasteiger partial charge is 0.354 e. The summed E-state index contributed by atoms with van der Waals surface area (Å²) in [6, 6.07) is 0.455. The maximum atomic E-state index is 10.9. The molecule has 1 aliphatic carbocycles. The standard InChI is InChI=1S/C12H23NO.C5H12/c1-9(2)8-11-4-6-12(7-5-11)13-10(3)14;1-5(2,3)4/h9,11-12H,4-8H2,1-3H3,(H,13,14);1-4H3. The van der Waals surface area contributed by atoms with E-state index in [9.17, 15) is 4.79 Å². The molecule has 0 atom stereocenters. The van der Waals surface area contributed by atoms with Crippen LogP contribution in [-0.2, 0) is 4.79 Å². The lowest BCUT2D eigenvalue weighted by molar-refractivity contribution is -0.119. The number of rotatable bonds is 3. The van der Waals surface area contributed by atoms with E-state index in [4.69, 9.17) is 0 Å². The molecule has 1 amide bonds. The second-order valence-corrected chi connectivity index (χ2v) is 8.05. The van der Waals surface area contributed by atoms with E-state index in [0.29, 0.717) is 11.5 Å². The molecule has 0 aromatic carbocycles. The first-order valence-electron chi connectivity index (χ1n) is 7.85. The highest BCUT2D eigenvalue weighted by Crippen LogP contribution is 2.29. The summed E-state index contributed by atoms with van der Waals surface area (Å²) in [6.45, 7) is 14.9. The highest BCUT2D eigenvalue weighted by molar-refractivity contribution is 5.73. The Kier molecular flexibility index (Phi) is 8.36. The molecule has 19 heavy (non-hydrogen) atoms. The van der Waals surface area contributed by atoms with E-state index in [1.807, 2.05) is 0 Å². The molecule has 1 aliphatic rings. The van der Waals surface area contributed by atoms with Gasteiger partial charge in [0, 0.05) is 13.0 Å². The number of hydrogen-bond acceptors (Lipinski definition) is 1. The second kappa shape index (κ2) is 8.60. The van der Waals surface area contributed by atoms with Crippen LogP contribution in [0.4, 0.5) is 0 Å². The summed E-state index contributed by atoms with van der Waals surface area (Å²) in [5.74, 6) is 1.84. The number of nitrogens with one attached hydrogen (secondary N) is 1. The molecule has 1 saturated carbocycles. The average molecular weight is 269 g/mol. The van der Waals surface area contributed by atoms with E-state index in [1.165, 1.54) is 32.1 Å². The van der Waals surface area contributed by atoms with Gasteiger partial charge < -0.3 is 5.32 Å². The van der Waals surface area contributed by atoms with Crippen molar-refractivity contribution in [2.45, 2.75) is 86.6 Å². The fraction of sp³-hybridized carbons (Fsp3) is 0.941. The van der Waals surface area contributed by atoms with Gasteiger partial charge in [-0.2, -0.15) is 0 Å². The lowest BCUT2D eigenvalue weighted by Crippen LogP contribution is -2.36. The highest BCUT2D eigenvalue weighted by atomic mass is 16.1. The van der Waals surface area contributed by atoms with Crippen molar-refractivity contribution < 1.29 is 4.79 Å². The fourth-order valence-electron chi connectivity index (χ4n) is 2.50. The lowest BCUT2D eigenvalue weighted by atomic mass is 9.81. The van der Waals surface area contributed by atoms with E-state index in [-0.39, 0.29) is 5.91 Å². The van der Waals surface area contributed by atoms with Gasteiger partial charge >= 0.3 is 0 Å². The summed E-state index contributed by atoms with van der Waals surface area (Å²) in [7, 11) is 0. The van der Waals surface area contributed by atoms with E-state index in [2.05, 4.69) is 46.9 Å². The number of amides is 1. The first kappa shape index (κ1) is 18.5. The van der Waals surface area contributed by atoms with Gasteiger partial charge in [-0.1, -0.05) is 41.5 Å². The van der Waals surface area contributed by atoms with Crippen LogP contribution in [0, 0.1) is 17.3 Å². The molecule has 0 spiro atoms. The van der Waals surface area contributed by atoms with Crippen LogP contribution in [0.25, 0.3) is 0 Å². The Bertz CT molecular complexity index is 238. The molecule has 0 heterocycles. The fourth-order valence-corrected chi connectivity index (χ4v) is 2.50. The van der Waals surface area contributed by atoms with Gasteiger partial charge in [-0.05, 0) is 49.4 Å². The molecule has 2 nitrogen and oxygen atoms in total. The van der Waals surface area contributed by atoms with Crippen LogP contribution < -0.4 is 5.32 Å². The SMILES string of the molecule is CC(=O)NC1CCC(CC(C)C)CC1.CC(C)(C)C. The van der Waals surface area contributed by atoms with Crippen molar-refractivity contribution in [3.8, 4) is 0 Å². The molecule has 0 aromatic heterocycles. The van der Waals surface area contributed by atoms with Crippen LogP contribution in [0.3, 0.4) is 0 Å². The summed E-state index contributed by atoms with van der Waals surface area (Å²) < 4.78 is 0. The first-order valence-corrected chi connectivity index (χ1v) is 7.85. The Hall–Kier alpha value is -0.530. The van der Waals surface area contributed by atoms with E-state index < -0.39 is 0 Å². The Morgan fingerprint density at radius 2 is 1.53 bits per heavy atom. The summed E-state index contributed by atoms with van der Waals surface area (Å²) in [5.41, 5.74) is 0.500. The monoisotopic (exact) mass is 269 g/mol. The van der Waals surface area contributed by atoms with Crippen molar-refractivity contribution in [3.63, 3.8) is 0 Å². The van der Waals surface area contributed by atoms with Gasteiger partial charge in [0.15, 0.2) is 0 Å². The summed E-state index contributed by atoms with van der Waals surface area (Å²) in [4.78, 5) is 10.9. The van der Waals surface area contributed by atoms with Gasteiger partial charge in [-0.25, -0.2) is 0 Å². The molecule has 0 aromatic rings. The molecule has 0 bridgehead atoms. The average Bonchev–Trinajstić information content (AvgIpc) is 2.16. The summed E-state index contributed by atoms with van der Waals surface area (Å²) in [6.07, 6.45) is 6.30. The van der Waals surface area contributed by atoms with Gasteiger partial charge in [0.25, 0.3) is 0 Å². The van der Waals surface area contributed by atoms with Crippen molar-refractivity contribution in [1.82, 2.24) is 5.32 Å². The van der Waals surface area contributed by atoms with E-state index in [1.54, 1.807) is 6.92 Å². The minimum atomic E-state index is 0.123. The van der Waals surface area contributed by atoms with Crippen LogP contribution in [0.5, 0.6) is 0 Å². The van der Waals surface area contributed by atoms with E-state index >= 15 is 0 Å². The van der Waals surface area contributed by atoms with Crippen molar-refractivity contribution in [2.75, 3.05) is 0 Å². The summed E-state index contributed by atoms with van der Waals surface area (Å²) in [5, 5.41) is 3.02. The predicted molar refractivity (Wildman–Crippen MR) is 84.1 cm³/mol. The zero-order chi connectivity index (χ0) is 15.1. The Morgan fingerprint density at radius 1 is 1.11 bits per heavy atom. The molecule has 114 valence electrons. The van der Waals surface area contributed by atoms with Crippen LogP contribution in [-0.4, -0.2) is 11.9 Å². The number of carbonyl (C=O) groups excluding carboxylic acids is 1. The third-order valence-electron chi connectivity index (χ3n) is 3.06. The number of hydrogen-bond donors (Lipinski definition) is 1. The molecule has 0 saturated heterocycles. The van der Waals surface area contributed by atoms with Gasteiger partial charge in [0.05, 0.1) is 0 Å². The third-order valence-corrected chi connectivity index (χ3v) is 3.06. The third kappa shape index (κ3) is 13.7.